The van der Waals surface area contributed by atoms with Gasteiger partial charge in [0, 0.05) is 52.4 Å². The first-order valence-electron chi connectivity index (χ1n) is 9.71. The minimum Gasteiger partial charge on any atom is -0.378 e. The lowest BCUT2D eigenvalue weighted by Gasteiger charge is -2.12. The second-order valence-electron chi connectivity index (χ2n) is 7.03. The van der Waals surface area contributed by atoms with Gasteiger partial charge in [-0.2, -0.15) is 0 Å². The van der Waals surface area contributed by atoms with E-state index in [1.54, 1.807) is 6.20 Å². The Morgan fingerprint density at radius 2 is 1.61 bits per heavy atom. The zero-order chi connectivity index (χ0) is 21.2. The molecule has 0 saturated heterocycles. The van der Waals surface area contributed by atoms with Gasteiger partial charge < -0.3 is 5.32 Å². The summed E-state index contributed by atoms with van der Waals surface area (Å²) < 4.78 is 2.87. The van der Waals surface area contributed by atoms with E-state index in [2.05, 4.69) is 42.3 Å². The Balaban J connectivity index is 1.44. The molecule has 0 unspecified atom stereocenters. The Morgan fingerprint density at radius 3 is 2.39 bits per heavy atom. The third-order valence-corrected chi connectivity index (χ3v) is 5.88. The highest BCUT2D eigenvalue weighted by molar-refractivity contribution is 9.10. The quantitative estimate of drug-likeness (QED) is 0.306. The molecule has 3 aromatic heterocycles. The van der Waals surface area contributed by atoms with E-state index in [4.69, 9.17) is 11.6 Å². The van der Waals surface area contributed by atoms with Crippen LogP contribution in [0, 0.1) is 0 Å². The van der Waals surface area contributed by atoms with Crippen LogP contribution in [0.3, 0.4) is 0 Å². The number of benzene rings is 2. The van der Waals surface area contributed by atoms with E-state index < -0.39 is 0 Å². The standard InChI is InChI=1S/C24H17BrClN5/c25-22-14-30-24-21(10-18(15-31(22)24)19-8-4-5-9-20(19)26)27-11-16-12-28-23(29-13-16)17-6-2-1-3-7-17/h1-10,12-15,27H,11H2. The third-order valence-electron chi connectivity index (χ3n) is 4.97. The van der Waals surface area contributed by atoms with Gasteiger partial charge in [0.1, 0.15) is 4.60 Å². The van der Waals surface area contributed by atoms with Crippen LogP contribution in [0.25, 0.3) is 28.2 Å². The van der Waals surface area contributed by atoms with Crippen molar-refractivity contribution in [2.75, 3.05) is 5.32 Å². The maximum atomic E-state index is 6.44. The highest BCUT2D eigenvalue weighted by atomic mass is 79.9. The van der Waals surface area contributed by atoms with E-state index in [0.717, 1.165) is 38.2 Å². The monoisotopic (exact) mass is 489 g/mol. The number of anilines is 1. The Bertz CT molecular complexity index is 1350. The molecule has 31 heavy (non-hydrogen) atoms. The minimum atomic E-state index is 0.571. The van der Waals surface area contributed by atoms with Crippen molar-refractivity contribution < 1.29 is 0 Å². The number of hydrogen-bond donors (Lipinski definition) is 1. The van der Waals surface area contributed by atoms with Gasteiger partial charge in [-0.15, -0.1) is 0 Å². The summed E-state index contributed by atoms with van der Waals surface area (Å²) in [5.74, 6) is 0.713. The number of halogens is 2. The molecule has 0 amide bonds. The van der Waals surface area contributed by atoms with Crippen LogP contribution in [0.4, 0.5) is 5.69 Å². The van der Waals surface area contributed by atoms with Crippen LogP contribution in [-0.4, -0.2) is 19.4 Å². The van der Waals surface area contributed by atoms with Crippen molar-refractivity contribution in [3.63, 3.8) is 0 Å². The topological polar surface area (TPSA) is 55.1 Å². The van der Waals surface area contributed by atoms with Crippen molar-refractivity contribution in [3.8, 4) is 22.5 Å². The molecule has 5 nitrogen and oxygen atoms in total. The lowest BCUT2D eigenvalue weighted by Crippen LogP contribution is -2.04. The van der Waals surface area contributed by atoms with E-state index in [1.807, 2.05) is 77.6 Å². The Hall–Kier alpha value is -3.22. The lowest BCUT2D eigenvalue weighted by atomic mass is 10.1. The molecule has 0 radical (unpaired) electrons. The molecule has 7 heteroatoms. The summed E-state index contributed by atoms with van der Waals surface area (Å²) in [6.45, 7) is 0.571. The first-order valence-corrected chi connectivity index (χ1v) is 10.9. The molecule has 5 rings (SSSR count). The molecule has 0 bridgehead atoms. The fraction of sp³-hybridized carbons (Fsp3) is 0.0417. The van der Waals surface area contributed by atoms with Crippen LogP contribution in [-0.2, 0) is 6.54 Å². The second-order valence-corrected chi connectivity index (χ2v) is 8.25. The van der Waals surface area contributed by atoms with Gasteiger partial charge in [-0.25, -0.2) is 15.0 Å². The molecule has 0 spiro atoms. The molecule has 2 aromatic carbocycles. The first kappa shape index (κ1) is 19.7. The van der Waals surface area contributed by atoms with Crippen molar-refractivity contribution >= 4 is 38.9 Å². The molecule has 5 aromatic rings. The number of rotatable bonds is 5. The van der Waals surface area contributed by atoms with Gasteiger partial charge in [-0.1, -0.05) is 60.1 Å². The molecular weight excluding hydrogens is 474 g/mol. The zero-order valence-electron chi connectivity index (χ0n) is 16.3. The number of fused-ring (bicyclic) bond motifs is 1. The molecule has 0 atom stereocenters. The van der Waals surface area contributed by atoms with Crippen LogP contribution in [0.2, 0.25) is 5.02 Å². The second kappa shape index (κ2) is 8.49. The maximum Gasteiger partial charge on any atom is 0.161 e. The van der Waals surface area contributed by atoms with E-state index in [-0.39, 0.29) is 0 Å². The summed E-state index contributed by atoms with van der Waals surface area (Å²) in [5.41, 5.74) is 5.66. The van der Waals surface area contributed by atoms with Crippen molar-refractivity contribution in [3.05, 3.63) is 101 Å². The minimum absolute atomic E-state index is 0.571. The summed E-state index contributed by atoms with van der Waals surface area (Å²) in [7, 11) is 0. The Kier molecular flexibility index (Phi) is 5.40. The van der Waals surface area contributed by atoms with Crippen molar-refractivity contribution in [1.82, 2.24) is 19.4 Å². The fourth-order valence-electron chi connectivity index (χ4n) is 3.41. The van der Waals surface area contributed by atoms with Gasteiger partial charge >= 0.3 is 0 Å². The average Bonchev–Trinajstić information content (AvgIpc) is 3.19. The average molecular weight is 491 g/mol. The highest BCUT2D eigenvalue weighted by Gasteiger charge is 2.12. The summed E-state index contributed by atoms with van der Waals surface area (Å²) in [6, 6.07) is 19.8. The van der Waals surface area contributed by atoms with Crippen molar-refractivity contribution in [2.45, 2.75) is 6.54 Å². The van der Waals surface area contributed by atoms with Gasteiger partial charge in [0.05, 0.1) is 11.9 Å². The molecule has 3 heterocycles. The molecule has 0 fully saturated rings. The van der Waals surface area contributed by atoms with Gasteiger partial charge in [0.2, 0.25) is 0 Å². The van der Waals surface area contributed by atoms with Crippen LogP contribution < -0.4 is 5.32 Å². The zero-order valence-corrected chi connectivity index (χ0v) is 18.7. The van der Waals surface area contributed by atoms with Gasteiger partial charge in [-0.3, -0.25) is 4.40 Å². The smallest absolute Gasteiger partial charge is 0.161 e. The largest absolute Gasteiger partial charge is 0.378 e. The van der Waals surface area contributed by atoms with E-state index >= 15 is 0 Å². The molecular formula is C24H17BrClN5. The van der Waals surface area contributed by atoms with E-state index in [0.29, 0.717) is 17.4 Å². The number of imidazole rings is 1. The van der Waals surface area contributed by atoms with Gasteiger partial charge in [0.15, 0.2) is 11.5 Å². The van der Waals surface area contributed by atoms with Crippen LogP contribution >= 0.6 is 27.5 Å². The highest BCUT2D eigenvalue weighted by Crippen LogP contribution is 2.32. The van der Waals surface area contributed by atoms with Crippen LogP contribution in [0.15, 0.2) is 90.1 Å². The van der Waals surface area contributed by atoms with E-state index in [9.17, 15) is 0 Å². The first-order chi connectivity index (χ1) is 15.2. The number of aromatic nitrogens is 4. The number of pyridine rings is 1. The van der Waals surface area contributed by atoms with Crippen molar-refractivity contribution in [2.24, 2.45) is 0 Å². The Labute approximate surface area is 192 Å². The number of nitrogens with one attached hydrogen (secondary N) is 1. The summed E-state index contributed by atoms with van der Waals surface area (Å²) >= 11 is 10.0. The molecule has 1 N–H and O–H groups in total. The maximum absolute atomic E-state index is 6.44. The summed E-state index contributed by atoms with van der Waals surface area (Å²) in [5, 5.41) is 4.18. The lowest BCUT2D eigenvalue weighted by molar-refractivity contribution is 1.05. The third kappa shape index (κ3) is 4.04. The van der Waals surface area contributed by atoms with Crippen LogP contribution in [0.5, 0.6) is 0 Å². The molecule has 0 aliphatic carbocycles. The predicted octanol–water partition coefficient (Wildman–Crippen LogP) is 6.49. The molecule has 0 aliphatic heterocycles. The normalized spacial score (nSPS) is 11.0. The summed E-state index contributed by atoms with van der Waals surface area (Å²) in [4.78, 5) is 13.5. The number of nitrogens with zero attached hydrogens (tertiary/aromatic N) is 4. The SMILES string of the molecule is Clc1ccccc1-c1cc(NCc2cnc(-c3ccccc3)nc2)c2ncc(Br)n2c1. The van der Waals surface area contributed by atoms with Crippen molar-refractivity contribution in [1.29, 1.82) is 0 Å². The van der Waals surface area contributed by atoms with Crippen LogP contribution in [0.1, 0.15) is 5.56 Å². The molecule has 152 valence electrons. The summed E-state index contributed by atoms with van der Waals surface area (Å²) in [6.07, 6.45) is 7.50. The number of hydrogen-bond acceptors (Lipinski definition) is 4. The predicted molar refractivity (Wildman–Crippen MR) is 128 cm³/mol. The molecule has 0 saturated carbocycles. The fourth-order valence-corrected chi connectivity index (χ4v) is 4.03. The van der Waals surface area contributed by atoms with Gasteiger partial charge in [0.25, 0.3) is 0 Å². The van der Waals surface area contributed by atoms with Gasteiger partial charge in [-0.05, 0) is 28.1 Å². The Morgan fingerprint density at radius 1 is 0.871 bits per heavy atom. The van der Waals surface area contributed by atoms with E-state index in [1.165, 1.54) is 0 Å². The molecule has 0 aliphatic rings.